The van der Waals surface area contributed by atoms with Gasteiger partial charge in [0.25, 0.3) is 5.91 Å². The summed E-state index contributed by atoms with van der Waals surface area (Å²) in [6.45, 7) is 0. The van der Waals surface area contributed by atoms with Crippen LogP contribution in [0.1, 0.15) is 10.6 Å². The maximum Gasteiger partial charge on any atom is 0.291 e. The first-order valence-electron chi connectivity index (χ1n) is 7.76. The van der Waals surface area contributed by atoms with E-state index in [9.17, 15) is 4.79 Å². The van der Waals surface area contributed by atoms with E-state index in [1.54, 1.807) is 23.5 Å². The second kappa shape index (κ2) is 6.75. The Kier molecular flexibility index (Phi) is 4.14. The number of carbonyl (C=O) groups is 1. The minimum absolute atomic E-state index is 0.265. The van der Waals surface area contributed by atoms with E-state index in [0.29, 0.717) is 5.69 Å². The lowest BCUT2D eigenvalue weighted by molar-refractivity contribution is 0.0996. The molecule has 5 heteroatoms. The highest BCUT2D eigenvalue weighted by Crippen LogP contribution is 2.29. The van der Waals surface area contributed by atoms with Gasteiger partial charge >= 0.3 is 0 Å². The Balaban J connectivity index is 1.51. The average Bonchev–Trinajstić information content (AvgIpc) is 3.35. The lowest BCUT2D eigenvalue weighted by Crippen LogP contribution is -2.10. The van der Waals surface area contributed by atoms with Crippen LogP contribution in [-0.4, -0.2) is 10.9 Å². The number of benzene rings is 2. The first kappa shape index (κ1) is 15.4. The van der Waals surface area contributed by atoms with Gasteiger partial charge in [0.15, 0.2) is 5.76 Å². The molecule has 0 spiro atoms. The van der Waals surface area contributed by atoms with Crippen molar-refractivity contribution in [3.05, 3.63) is 84.1 Å². The van der Waals surface area contributed by atoms with Crippen molar-refractivity contribution in [1.82, 2.24) is 4.98 Å². The van der Waals surface area contributed by atoms with Gasteiger partial charge in [0.05, 0.1) is 12.0 Å². The predicted molar refractivity (Wildman–Crippen MR) is 99.6 cm³/mol. The van der Waals surface area contributed by atoms with Crippen molar-refractivity contribution in [3.8, 4) is 21.8 Å². The van der Waals surface area contributed by atoms with Gasteiger partial charge < -0.3 is 9.73 Å². The molecular weight excluding hydrogens is 332 g/mol. The van der Waals surface area contributed by atoms with Crippen molar-refractivity contribution in [2.75, 3.05) is 5.32 Å². The average molecular weight is 346 g/mol. The maximum atomic E-state index is 12.0. The molecule has 2 aromatic heterocycles. The van der Waals surface area contributed by atoms with Crippen LogP contribution in [0.5, 0.6) is 0 Å². The number of anilines is 1. The Bertz CT molecular complexity index is 974. The molecule has 0 aliphatic heterocycles. The van der Waals surface area contributed by atoms with Crippen molar-refractivity contribution in [2.24, 2.45) is 0 Å². The summed E-state index contributed by atoms with van der Waals surface area (Å²) in [4.78, 5) is 16.7. The van der Waals surface area contributed by atoms with Crippen LogP contribution in [0.3, 0.4) is 0 Å². The first-order chi connectivity index (χ1) is 12.3. The van der Waals surface area contributed by atoms with Gasteiger partial charge in [-0.05, 0) is 36.4 Å². The van der Waals surface area contributed by atoms with E-state index in [4.69, 9.17) is 9.40 Å². The summed E-state index contributed by atoms with van der Waals surface area (Å²) in [6.07, 6.45) is 1.48. The van der Waals surface area contributed by atoms with Crippen LogP contribution in [-0.2, 0) is 0 Å². The summed E-state index contributed by atoms with van der Waals surface area (Å²) in [7, 11) is 0. The topological polar surface area (TPSA) is 55.1 Å². The zero-order valence-electron chi connectivity index (χ0n) is 13.2. The summed E-state index contributed by atoms with van der Waals surface area (Å²) in [5.41, 5.74) is 3.80. The monoisotopic (exact) mass is 346 g/mol. The van der Waals surface area contributed by atoms with Crippen molar-refractivity contribution >= 4 is 22.9 Å². The van der Waals surface area contributed by atoms with Gasteiger partial charge in [-0.15, -0.1) is 11.3 Å². The molecule has 0 saturated heterocycles. The minimum Gasteiger partial charge on any atom is -0.459 e. The van der Waals surface area contributed by atoms with E-state index in [2.05, 4.69) is 10.7 Å². The molecular formula is C20H14N2O2S. The number of nitrogens with one attached hydrogen (secondary N) is 1. The van der Waals surface area contributed by atoms with E-state index < -0.39 is 0 Å². The fraction of sp³-hybridized carbons (Fsp3) is 0. The number of thiazole rings is 1. The molecule has 2 heterocycles. The number of hydrogen-bond acceptors (Lipinski definition) is 4. The standard InChI is InChI=1S/C20H14N2O2S/c23-19(18-7-4-12-24-18)21-16-10-8-15(9-11-16)20-22-17(13-25-20)14-5-2-1-3-6-14/h1-13H,(H,21,23). The molecule has 0 radical (unpaired) electrons. The highest BCUT2D eigenvalue weighted by molar-refractivity contribution is 7.13. The number of hydrogen-bond donors (Lipinski definition) is 1. The van der Waals surface area contributed by atoms with Crippen LogP contribution in [0.25, 0.3) is 21.8 Å². The second-order valence-corrected chi connectivity index (χ2v) is 6.27. The Morgan fingerprint density at radius 1 is 0.920 bits per heavy atom. The third kappa shape index (κ3) is 3.36. The van der Waals surface area contributed by atoms with E-state index in [-0.39, 0.29) is 11.7 Å². The number of amides is 1. The van der Waals surface area contributed by atoms with Crippen molar-refractivity contribution < 1.29 is 9.21 Å². The van der Waals surface area contributed by atoms with E-state index in [1.165, 1.54) is 6.26 Å². The first-order valence-corrected chi connectivity index (χ1v) is 8.64. The molecule has 25 heavy (non-hydrogen) atoms. The molecule has 4 nitrogen and oxygen atoms in total. The summed E-state index contributed by atoms with van der Waals surface area (Å²) < 4.78 is 5.08. The highest BCUT2D eigenvalue weighted by Gasteiger charge is 2.10. The molecule has 2 aromatic carbocycles. The van der Waals surface area contributed by atoms with Crippen LogP contribution in [0, 0.1) is 0 Å². The fourth-order valence-corrected chi connectivity index (χ4v) is 3.28. The third-order valence-corrected chi connectivity index (χ3v) is 4.60. The van der Waals surface area contributed by atoms with Gasteiger partial charge in [0, 0.05) is 22.2 Å². The fourth-order valence-electron chi connectivity index (χ4n) is 2.44. The summed E-state index contributed by atoms with van der Waals surface area (Å²) >= 11 is 1.60. The Hall–Kier alpha value is -3.18. The molecule has 0 unspecified atom stereocenters. The largest absolute Gasteiger partial charge is 0.459 e. The molecule has 0 fully saturated rings. The highest BCUT2D eigenvalue weighted by atomic mass is 32.1. The molecule has 0 bridgehead atoms. The van der Waals surface area contributed by atoms with Gasteiger partial charge in [-0.3, -0.25) is 4.79 Å². The summed E-state index contributed by atoms with van der Waals surface area (Å²) in [5.74, 6) is 0.0230. The van der Waals surface area contributed by atoms with E-state index >= 15 is 0 Å². The molecule has 1 N–H and O–H groups in total. The normalized spacial score (nSPS) is 10.6. The molecule has 122 valence electrons. The Morgan fingerprint density at radius 2 is 1.72 bits per heavy atom. The van der Waals surface area contributed by atoms with Crippen LogP contribution in [0.15, 0.2) is 82.8 Å². The molecule has 4 rings (SSSR count). The van der Waals surface area contributed by atoms with Crippen LogP contribution < -0.4 is 5.32 Å². The molecule has 1 amide bonds. The molecule has 0 atom stereocenters. The number of furan rings is 1. The number of aromatic nitrogens is 1. The van der Waals surface area contributed by atoms with Gasteiger partial charge in [-0.1, -0.05) is 30.3 Å². The quantitative estimate of drug-likeness (QED) is 0.544. The summed E-state index contributed by atoms with van der Waals surface area (Å²) in [6, 6.07) is 21.0. The van der Waals surface area contributed by atoms with Crippen LogP contribution >= 0.6 is 11.3 Å². The molecule has 0 aliphatic carbocycles. The van der Waals surface area contributed by atoms with Gasteiger partial charge in [0.2, 0.25) is 0 Å². The molecule has 4 aromatic rings. The Morgan fingerprint density at radius 3 is 2.44 bits per heavy atom. The predicted octanol–water partition coefficient (Wildman–Crippen LogP) is 5.32. The maximum absolute atomic E-state index is 12.0. The summed E-state index contributed by atoms with van der Waals surface area (Å²) in [5, 5.41) is 5.80. The van der Waals surface area contributed by atoms with E-state index in [0.717, 1.165) is 21.8 Å². The smallest absolute Gasteiger partial charge is 0.291 e. The number of carbonyl (C=O) groups excluding carboxylic acids is 1. The zero-order valence-corrected chi connectivity index (χ0v) is 14.0. The minimum atomic E-state index is -0.265. The zero-order chi connectivity index (χ0) is 17.1. The van der Waals surface area contributed by atoms with Crippen LogP contribution in [0.2, 0.25) is 0 Å². The second-order valence-electron chi connectivity index (χ2n) is 5.41. The van der Waals surface area contributed by atoms with E-state index in [1.807, 2.05) is 54.6 Å². The number of rotatable bonds is 4. The Labute approximate surface area is 148 Å². The van der Waals surface area contributed by atoms with Crippen molar-refractivity contribution in [2.45, 2.75) is 0 Å². The lowest BCUT2D eigenvalue weighted by Gasteiger charge is -2.04. The SMILES string of the molecule is O=C(Nc1ccc(-c2nc(-c3ccccc3)cs2)cc1)c1ccco1. The molecule has 0 saturated carbocycles. The van der Waals surface area contributed by atoms with Gasteiger partial charge in [0.1, 0.15) is 5.01 Å². The third-order valence-electron chi connectivity index (χ3n) is 3.71. The van der Waals surface area contributed by atoms with Gasteiger partial charge in [-0.25, -0.2) is 4.98 Å². The van der Waals surface area contributed by atoms with Crippen LogP contribution in [0.4, 0.5) is 5.69 Å². The van der Waals surface area contributed by atoms with Crippen molar-refractivity contribution in [1.29, 1.82) is 0 Å². The number of nitrogens with zero attached hydrogens (tertiary/aromatic N) is 1. The van der Waals surface area contributed by atoms with Gasteiger partial charge in [-0.2, -0.15) is 0 Å². The lowest BCUT2D eigenvalue weighted by atomic mass is 10.2. The molecule has 0 aliphatic rings. The van der Waals surface area contributed by atoms with Crippen molar-refractivity contribution in [3.63, 3.8) is 0 Å².